The van der Waals surface area contributed by atoms with Gasteiger partial charge in [-0.1, -0.05) is 23.8 Å². The molecular weight excluding hydrogens is 180 g/mol. The summed E-state index contributed by atoms with van der Waals surface area (Å²) in [7, 11) is 0. The maximum absolute atomic E-state index is 5.61. The maximum Gasteiger partial charge on any atom is 0.184 e. The molecule has 0 aliphatic rings. The van der Waals surface area contributed by atoms with Crippen LogP contribution in [0.5, 0.6) is 0 Å². The van der Waals surface area contributed by atoms with Gasteiger partial charge in [-0.05, 0) is 6.92 Å². The Labute approximate surface area is 74.9 Å². The predicted octanol–water partition coefficient (Wildman–Crippen LogP) is 2.78. The molecule has 0 fully saturated rings. The Kier molecular flexibility index (Phi) is 3.39. The summed E-state index contributed by atoms with van der Waals surface area (Å²) in [5.41, 5.74) is 0. The summed E-state index contributed by atoms with van der Waals surface area (Å²) < 4.78 is 0. The number of aromatic nitrogens is 1. The SMILES string of the molecule is C/C=C/CNc1nc(Cl)cs1. The lowest BCUT2D eigenvalue weighted by Crippen LogP contribution is -1.96. The average Bonchev–Trinajstić information content (AvgIpc) is 2.37. The highest BCUT2D eigenvalue weighted by atomic mass is 35.5. The zero-order chi connectivity index (χ0) is 8.10. The summed E-state index contributed by atoms with van der Waals surface area (Å²) in [6.45, 7) is 2.79. The Morgan fingerprint density at radius 1 is 1.82 bits per heavy atom. The van der Waals surface area contributed by atoms with Crippen LogP contribution in [0.3, 0.4) is 0 Å². The molecule has 0 bridgehead atoms. The van der Waals surface area contributed by atoms with Crippen molar-refractivity contribution in [2.75, 3.05) is 11.9 Å². The fourth-order valence-electron chi connectivity index (χ4n) is 0.599. The highest BCUT2D eigenvalue weighted by molar-refractivity contribution is 7.14. The van der Waals surface area contributed by atoms with E-state index in [1.807, 2.05) is 19.1 Å². The monoisotopic (exact) mass is 188 g/mol. The van der Waals surface area contributed by atoms with Gasteiger partial charge in [0.1, 0.15) is 5.15 Å². The van der Waals surface area contributed by atoms with Crippen LogP contribution < -0.4 is 5.32 Å². The van der Waals surface area contributed by atoms with E-state index >= 15 is 0 Å². The minimum atomic E-state index is 0.554. The zero-order valence-corrected chi connectivity index (χ0v) is 7.75. The van der Waals surface area contributed by atoms with Gasteiger partial charge in [-0.15, -0.1) is 11.3 Å². The number of thiazole rings is 1. The second-order valence-corrected chi connectivity index (χ2v) is 3.17. The lowest BCUT2D eigenvalue weighted by Gasteiger charge is -1.94. The first-order chi connectivity index (χ1) is 5.33. The quantitative estimate of drug-likeness (QED) is 0.738. The molecule has 0 aromatic carbocycles. The summed E-state index contributed by atoms with van der Waals surface area (Å²) in [5, 5.41) is 6.33. The van der Waals surface area contributed by atoms with Crippen LogP contribution in [0, 0.1) is 0 Å². The smallest absolute Gasteiger partial charge is 0.184 e. The van der Waals surface area contributed by atoms with Gasteiger partial charge in [0.2, 0.25) is 0 Å². The third-order valence-electron chi connectivity index (χ3n) is 1.08. The van der Waals surface area contributed by atoms with Crippen molar-refractivity contribution >= 4 is 28.1 Å². The minimum Gasteiger partial charge on any atom is -0.358 e. The molecule has 0 saturated heterocycles. The maximum atomic E-state index is 5.61. The number of anilines is 1. The minimum absolute atomic E-state index is 0.554. The molecule has 1 aromatic heterocycles. The molecule has 60 valence electrons. The highest BCUT2D eigenvalue weighted by Crippen LogP contribution is 2.18. The average molecular weight is 189 g/mol. The van der Waals surface area contributed by atoms with Crippen molar-refractivity contribution in [3.05, 3.63) is 22.7 Å². The first kappa shape index (κ1) is 8.56. The van der Waals surface area contributed by atoms with Gasteiger partial charge >= 0.3 is 0 Å². The van der Waals surface area contributed by atoms with Gasteiger partial charge < -0.3 is 5.32 Å². The van der Waals surface area contributed by atoms with Crippen LogP contribution in [-0.2, 0) is 0 Å². The predicted molar refractivity (Wildman–Crippen MR) is 50.4 cm³/mol. The van der Waals surface area contributed by atoms with Crippen LogP contribution in [0.4, 0.5) is 5.13 Å². The Morgan fingerprint density at radius 2 is 2.64 bits per heavy atom. The number of nitrogens with zero attached hydrogens (tertiary/aromatic N) is 1. The normalized spacial score (nSPS) is 10.7. The molecule has 0 saturated carbocycles. The van der Waals surface area contributed by atoms with Crippen LogP contribution in [0.1, 0.15) is 6.92 Å². The molecule has 1 heterocycles. The Hall–Kier alpha value is -0.540. The highest BCUT2D eigenvalue weighted by Gasteiger charge is 1.95. The molecule has 1 rings (SSSR count). The van der Waals surface area contributed by atoms with Crippen LogP contribution >= 0.6 is 22.9 Å². The van der Waals surface area contributed by atoms with Crippen molar-refractivity contribution in [3.8, 4) is 0 Å². The molecule has 0 aliphatic heterocycles. The summed E-state index contributed by atoms with van der Waals surface area (Å²) >= 11 is 7.13. The van der Waals surface area contributed by atoms with E-state index in [0.717, 1.165) is 11.7 Å². The Morgan fingerprint density at radius 3 is 3.18 bits per heavy atom. The van der Waals surface area contributed by atoms with Gasteiger partial charge in [-0.3, -0.25) is 0 Å². The summed E-state index contributed by atoms with van der Waals surface area (Å²) in [4.78, 5) is 4.02. The van der Waals surface area contributed by atoms with Crippen LogP contribution in [0.2, 0.25) is 5.15 Å². The summed E-state index contributed by atoms with van der Waals surface area (Å²) in [5.74, 6) is 0. The number of halogens is 1. The van der Waals surface area contributed by atoms with Crippen LogP contribution in [-0.4, -0.2) is 11.5 Å². The van der Waals surface area contributed by atoms with Crippen molar-refractivity contribution in [1.82, 2.24) is 4.98 Å². The van der Waals surface area contributed by atoms with Crippen molar-refractivity contribution in [2.45, 2.75) is 6.92 Å². The van der Waals surface area contributed by atoms with E-state index in [1.165, 1.54) is 11.3 Å². The molecule has 0 aliphatic carbocycles. The van der Waals surface area contributed by atoms with E-state index in [1.54, 1.807) is 5.38 Å². The van der Waals surface area contributed by atoms with E-state index in [2.05, 4.69) is 10.3 Å². The molecule has 0 unspecified atom stereocenters. The van der Waals surface area contributed by atoms with Gasteiger partial charge in [0.15, 0.2) is 5.13 Å². The van der Waals surface area contributed by atoms with Gasteiger partial charge in [-0.25, -0.2) is 4.98 Å². The Bertz CT molecular complexity index is 244. The second kappa shape index (κ2) is 4.36. The van der Waals surface area contributed by atoms with Gasteiger partial charge in [0.25, 0.3) is 0 Å². The molecular formula is C7H9ClN2S. The molecule has 1 aromatic rings. The number of nitrogens with one attached hydrogen (secondary N) is 1. The molecule has 4 heteroatoms. The van der Waals surface area contributed by atoms with Crippen molar-refractivity contribution in [1.29, 1.82) is 0 Å². The fraction of sp³-hybridized carbons (Fsp3) is 0.286. The standard InChI is InChI=1S/C7H9ClN2S/c1-2-3-4-9-7-10-6(8)5-11-7/h2-3,5H,4H2,1H3,(H,9,10)/b3-2+. The lowest BCUT2D eigenvalue weighted by molar-refractivity contribution is 1.28. The van der Waals surface area contributed by atoms with Crippen molar-refractivity contribution < 1.29 is 0 Å². The molecule has 0 amide bonds. The largest absolute Gasteiger partial charge is 0.358 e. The summed E-state index contributed by atoms with van der Waals surface area (Å²) in [6, 6.07) is 0. The first-order valence-corrected chi connectivity index (χ1v) is 4.54. The van der Waals surface area contributed by atoms with Gasteiger partial charge in [-0.2, -0.15) is 0 Å². The molecule has 2 nitrogen and oxygen atoms in total. The lowest BCUT2D eigenvalue weighted by atomic mass is 10.5. The van der Waals surface area contributed by atoms with E-state index < -0.39 is 0 Å². The molecule has 0 radical (unpaired) electrons. The third-order valence-corrected chi connectivity index (χ3v) is 2.21. The number of hydrogen-bond donors (Lipinski definition) is 1. The van der Waals surface area contributed by atoms with Crippen LogP contribution in [0.15, 0.2) is 17.5 Å². The molecule has 1 N–H and O–H groups in total. The van der Waals surface area contributed by atoms with E-state index in [4.69, 9.17) is 11.6 Å². The third kappa shape index (κ3) is 2.91. The van der Waals surface area contributed by atoms with E-state index in [9.17, 15) is 0 Å². The van der Waals surface area contributed by atoms with Gasteiger partial charge in [0.05, 0.1) is 0 Å². The van der Waals surface area contributed by atoms with E-state index in [0.29, 0.717) is 5.15 Å². The number of allylic oxidation sites excluding steroid dienone is 1. The Balaban J connectivity index is 2.38. The zero-order valence-electron chi connectivity index (χ0n) is 6.17. The topological polar surface area (TPSA) is 24.9 Å². The second-order valence-electron chi connectivity index (χ2n) is 1.93. The number of rotatable bonds is 3. The molecule has 0 atom stereocenters. The first-order valence-electron chi connectivity index (χ1n) is 3.29. The number of hydrogen-bond acceptors (Lipinski definition) is 3. The van der Waals surface area contributed by atoms with Crippen molar-refractivity contribution in [2.24, 2.45) is 0 Å². The fourth-order valence-corrected chi connectivity index (χ4v) is 1.45. The van der Waals surface area contributed by atoms with Gasteiger partial charge in [0, 0.05) is 11.9 Å². The van der Waals surface area contributed by atoms with Crippen molar-refractivity contribution in [3.63, 3.8) is 0 Å². The van der Waals surface area contributed by atoms with Crippen LogP contribution in [0.25, 0.3) is 0 Å². The van der Waals surface area contributed by atoms with E-state index in [-0.39, 0.29) is 0 Å². The molecule has 11 heavy (non-hydrogen) atoms. The summed E-state index contributed by atoms with van der Waals surface area (Å²) in [6.07, 6.45) is 4.01. The molecule has 0 spiro atoms.